The second kappa shape index (κ2) is 12.6. The largest absolute Gasteiger partial charge is 0.542 e. The number of methoxy groups -OCH3 is 1. The topological polar surface area (TPSA) is 75.2 Å². The maximum Gasteiger partial charge on any atom is 0.142 e. The van der Waals surface area contributed by atoms with E-state index >= 15 is 0 Å². The first kappa shape index (κ1) is 21.3. The van der Waals surface area contributed by atoms with E-state index in [1.807, 2.05) is 30.3 Å². The van der Waals surface area contributed by atoms with Crippen LogP contribution in [0.5, 0.6) is 5.75 Å². The fraction of sp³-hybridized carbons (Fsp3) is 0.286. The molecular formula is C21H27NO4. The number of hydrogen-bond acceptors (Lipinski definition) is 4. The number of hydrogen-bond donors (Lipinski definition) is 1. The molecule has 0 aliphatic rings. The molecule has 0 aliphatic heterocycles. The summed E-state index contributed by atoms with van der Waals surface area (Å²) in [5, 5.41) is 13.0. The summed E-state index contributed by atoms with van der Waals surface area (Å²) in [6, 6.07) is 16.9. The minimum absolute atomic E-state index is 0.215. The summed E-state index contributed by atoms with van der Waals surface area (Å²) < 4.78 is 10.4. The average molecular weight is 357 g/mol. The molecule has 0 aromatic heterocycles. The Labute approximate surface area is 155 Å². The van der Waals surface area contributed by atoms with E-state index in [1.54, 1.807) is 24.3 Å². The van der Waals surface area contributed by atoms with Crippen molar-refractivity contribution in [2.24, 2.45) is 0 Å². The van der Waals surface area contributed by atoms with Gasteiger partial charge in [-0.25, -0.2) is 0 Å². The lowest BCUT2D eigenvalue weighted by atomic mass is 10.2. The molecule has 0 amide bonds. The smallest absolute Gasteiger partial charge is 0.142 e. The van der Waals surface area contributed by atoms with Gasteiger partial charge in [0.15, 0.2) is 0 Å². The van der Waals surface area contributed by atoms with Gasteiger partial charge in [-0.2, -0.15) is 0 Å². The first-order chi connectivity index (χ1) is 12.6. The molecule has 0 aliphatic carbocycles. The Morgan fingerprint density at radius 2 is 1.65 bits per heavy atom. The van der Waals surface area contributed by atoms with E-state index in [0.29, 0.717) is 17.9 Å². The Hall–Kier alpha value is -2.79. The van der Waals surface area contributed by atoms with Gasteiger partial charge in [0.25, 0.3) is 0 Å². The molecule has 5 nitrogen and oxygen atoms in total. The summed E-state index contributed by atoms with van der Waals surface area (Å²) in [4.78, 5) is 10.7. The third-order valence-corrected chi connectivity index (χ3v) is 3.42. The maximum absolute atomic E-state index is 10.7. The molecule has 0 saturated carbocycles. The number of nitrogens with two attached hydrogens (primary N) is 1. The van der Waals surface area contributed by atoms with Crippen molar-refractivity contribution in [3.05, 3.63) is 71.5 Å². The van der Waals surface area contributed by atoms with Crippen molar-refractivity contribution in [2.75, 3.05) is 20.2 Å². The molecule has 0 saturated heterocycles. The van der Waals surface area contributed by atoms with Crippen LogP contribution in [0.1, 0.15) is 25.0 Å². The number of carboxylic acids is 1. The van der Waals surface area contributed by atoms with Gasteiger partial charge in [-0.05, 0) is 43.2 Å². The van der Waals surface area contributed by atoms with Gasteiger partial charge in [-0.15, -0.1) is 0 Å². The van der Waals surface area contributed by atoms with Crippen molar-refractivity contribution < 1.29 is 24.7 Å². The molecular weight excluding hydrogens is 330 g/mol. The Bertz CT molecular complexity index is 664. The van der Waals surface area contributed by atoms with E-state index in [-0.39, 0.29) is 5.76 Å². The Morgan fingerprint density at radius 1 is 1.04 bits per heavy atom. The SMILES string of the molecule is CC[NH2+]CC.COC(=Cc1ccc(OCc2ccccc2)cc1)C(=O)[O-]. The highest BCUT2D eigenvalue weighted by Gasteiger charge is 1.99. The number of carboxylic acid groups (broad SMARTS) is 1. The molecule has 0 bridgehead atoms. The number of benzene rings is 2. The summed E-state index contributed by atoms with van der Waals surface area (Å²) in [6.07, 6.45) is 1.40. The Morgan fingerprint density at radius 3 is 2.12 bits per heavy atom. The molecule has 0 heterocycles. The zero-order valence-electron chi connectivity index (χ0n) is 15.6. The minimum atomic E-state index is -1.35. The highest BCUT2D eigenvalue weighted by Crippen LogP contribution is 2.16. The summed E-state index contributed by atoms with van der Waals surface area (Å²) in [7, 11) is 1.29. The van der Waals surface area contributed by atoms with E-state index in [1.165, 1.54) is 26.3 Å². The van der Waals surface area contributed by atoms with Gasteiger partial charge in [-0.3, -0.25) is 0 Å². The van der Waals surface area contributed by atoms with Gasteiger partial charge in [-0.1, -0.05) is 42.5 Å². The Kier molecular flexibility index (Phi) is 10.3. The van der Waals surface area contributed by atoms with Crippen LogP contribution in [0.3, 0.4) is 0 Å². The van der Waals surface area contributed by atoms with Crippen LogP contribution in [-0.2, 0) is 16.1 Å². The molecule has 0 radical (unpaired) electrons. The van der Waals surface area contributed by atoms with Crippen molar-refractivity contribution in [1.29, 1.82) is 0 Å². The standard InChI is InChI=1S/C17H16O4.C4H11N/c1-20-16(17(18)19)11-13-7-9-15(10-8-13)21-12-14-5-3-2-4-6-14;1-3-5-4-2/h2-11H,12H2,1H3,(H,18,19);5H,3-4H2,1-2H3. The van der Waals surface area contributed by atoms with Crippen LogP contribution in [0.25, 0.3) is 6.08 Å². The van der Waals surface area contributed by atoms with Crippen LogP contribution in [0.4, 0.5) is 0 Å². The summed E-state index contributed by atoms with van der Waals surface area (Å²) in [6.45, 7) is 7.23. The van der Waals surface area contributed by atoms with Crippen molar-refractivity contribution in [3.8, 4) is 5.75 Å². The van der Waals surface area contributed by atoms with Crippen LogP contribution in [-0.4, -0.2) is 26.2 Å². The predicted octanol–water partition coefficient (Wildman–Crippen LogP) is 1.59. The van der Waals surface area contributed by atoms with E-state index < -0.39 is 5.97 Å². The predicted molar refractivity (Wildman–Crippen MR) is 100 cm³/mol. The van der Waals surface area contributed by atoms with Crippen LogP contribution in [0, 0.1) is 0 Å². The van der Waals surface area contributed by atoms with Crippen LogP contribution in [0.2, 0.25) is 0 Å². The highest BCUT2D eigenvalue weighted by atomic mass is 16.5. The van der Waals surface area contributed by atoms with Crippen LogP contribution in [0.15, 0.2) is 60.4 Å². The van der Waals surface area contributed by atoms with Crippen molar-refractivity contribution >= 4 is 12.0 Å². The van der Waals surface area contributed by atoms with E-state index in [0.717, 1.165) is 5.56 Å². The lowest BCUT2D eigenvalue weighted by Gasteiger charge is -2.08. The molecule has 2 aromatic rings. The summed E-state index contributed by atoms with van der Waals surface area (Å²) >= 11 is 0. The van der Waals surface area contributed by atoms with E-state index in [4.69, 9.17) is 9.47 Å². The molecule has 140 valence electrons. The zero-order chi connectivity index (χ0) is 19.2. The van der Waals surface area contributed by atoms with Gasteiger partial charge < -0.3 is 24.7 Å². The molecule has 0 spiro atoms. The van der Waals surface area contributed by atoms with Crippen molar-refractivity contribution in [2.45, 2.75) is 20.5 Å². The monoisotopic (exact) mass is 357 g/mol. The molecule has 2 aromatic carbocycles. The quantitative estimate of drug-likeness (QED) is 0.575. The molecule has 0 atom stereocenters. The zero-order valence-corrected chi connectivity index (χ0v) is 15.6. The minimum Gasteiger partial charge on any atom is -0.542 e. The maximum atomic E-state index is 10.7. The van der Waals surface area contributed by atoms with E-state index in [2.05, 4.69) is 19.2 Å². The highest BCUT2D eigenvalue weighted by molar-refractivity contribution is 5.88. The van der Waals surface area contributed by atoms with Gasteiger partial charge in [0.1, 0.15) is 24.1 Å². The molecule has 2 N–H and O–H groups in total. The van der Waals surface area contributed by atoms with Crippen LogP contribution >= 0.6 is 0 Å². The number of ether oxygens (including phenoxy) is 2. The van der Waals surface area contributed by atoms with E-state index in [9.17, 15) is 9.90 Å². The lowest BCUT2D eigenvalue weighted by Crippen LogP contribution is -2.82. The third-order valence-electron chi connectivity index (χ3n) is 3.42. The molecule has 5 heteroatoms. The van der Waals surface area contributed by atoms with Gasteiger partial charge in [0.05, 0.1) is 20.2 Å². The van der Waals surface area contributed by atoms with Crippen molar-refractivity contribution in [3.63, 3.8) is 0 Å². The molecule has 2 rings (SSSR count). The second-order valence-electron chi connectivity index (χ2n) is 5.45. The second-order valence-corrected chi connectivity index (χ2v) is 5.45. The fourth-order valence-electron chi connectivity index (χ4n) is 2.04. The van der Waals surface area contributed by atoms with Gasteiger partial charge in [0.2, 0.25) is 0 Å². The number of carbonyl (C=O) groups excluding carboxylic acids is 1. The normalized spacial score (nSPS) is 10.5. The molecule has 0 fully saturated rings. The summed E-state index contributed by atoms with van der Waals surface area (Å²) in [5.74, 6) is -0.849. The Balaban J connectivity index is 0.000000597. The van der Waals surface area contributed by atoms with Gasteiger partial charge in [0, 0.05) is 0 Å². The third kappa shape index (κ3) is 8.35. The molecule has 26 heavy (non-hydrogen) atoms. The van der Waals surface area contributed by atoms with Gasteiger partial charge >= 0.3 is 0 Å². The summed E-state index contributed by atoms with van der Waals surface area (Å²) in [5.41, 5.74) is 1.78. The fourth-order valence-corrected chi connectivity index (χ4v) is 2.04. The average Bonchev–Trinajstić information content (AvgIpc) is 2.67. The number of quaternary nitrogens is 1. The number of carbonyl (C=O) groups is 1. The first-order valence-electron chi connectivity index (χ1n) is 8.66. The lowest BCUT2D eigenvalue weighted by molar-refractivity contribution is -0.648. The van der Waals surface area contributed by atoms with Crippen molar-refractivity contribution in [1.82, 2.24) is 0 Å². The first-order valence-corrected chi connectivity index (χ1v) is 8.66. The van der Waals surface area contributed by atoms with Crippen LogP contribution < -0.4 is 15.2 Å². The number of rotatable bonds is 8. The molecule has 0 unspecified atom stereocenters. The number of aliphatic carboxylic acids is 1.